The van der Waals surface area contributed by atoms with Crippen molar-refractivity contribution in [3.05, 3.63) is 68.5 Å². The van der Waals surface area contributed by atoms with Crippen LogP contribution >= 0.6 is 0 Å². The van der Waals surface area contributed by atoms with Gasteiger partial charge in [0.05, 0.1) is 22.2 Å². The lowest BCUT2D eigenvalue weighted by Gasteiger charge is -2.11. The van der Waals surface area contributed by atoms with E-state index in [1.54, 1.807) is 0 Å². The van der Waals surface area contributed by atoms with Crippen LogP contribution in [0, 0.1) is 10.1 Å². The van der Waals surface area contributed by atoms with E-state index < -0.39 is 22.6 Å². The number of hydrazone groups is 1. The van der Waals surface area contributed by atoms with Crippen LogP contribution in [0.3, 0.4) is 0 Å². The van der Waals surface area contributed by atoms with Crippen LogP contribution < -0.4 is 16.7 Å². The molecule has 0 spiro atoms. The number of carbonyl (C=O) groups is 1. The topological polar surface area (TPSA) is 190 Å². The fraction of sp³-hybridized carbons (Fsp3) is 0.0667. The Morgan fingerprint density at radius 1 is 1.44 bits per heavy atom. The van der Waals surface area contributed by atoms with Crippen LogP contribution in [0.1, 0.15) is 17.6 Å². The van der Waals surface area contributed by atoms with Crippen molar-refractivity contribution >= 4 is 28.5 Å². The van der Waals surface area contributed by atoms with E-state index in [0.29, 0.717) is 0 Å². The highest BCUT2D eigenvalue weighted by molar-refractivity contribution is 6.03. The summed E-state index contributed by atoms with van der Waals surface area (Å²) in [6.07, 6.45) is -0.231. The van der Waals surface area contributed by atoms with Crippen LogP contribution in [0.5, 0.6) is 0 Å². The molecule has 0 bridgehead atoms. The van der Waals surface area contributed by atoms with Gasteiger partial charge in [-0.05, 0) is 18.2 Å². The molecule has 0 aliphatic heterocycles. The van der Waals surface area contributed by atoms with E-state index in [1.165, 1.54) is 30.5 Å². The number of aromatic nitrogens is 2. The number of aromatic amines is 1. The lowest BCUT2D eigenvalue weighted by Crippen LogP contribution is -2.31. The first-order chi connectivity index (χ1) is 12.9. The van der Waals surface area contributed by atoms with Crippen LogP contribution in [-0.4, -0.2) is 31.7 Å². The summed E-state index contributed by atoms with van der Waals surface area (Å²) in [7, 11) is 0. The van der Waals surface area contributed by atoms with Gasteiger partial charge in [0.15, 0.2) is 11.8 Å². The molecule has 3 aromatic rings. The molecule has 0 saturated carbocycles. The Morgan fingerprint density at radius 3 is 2.85 bits per heavy atom. The summed E-state index contributed by atoms with van der Waals surface area (Å²) in [5, 5.41) is 25.0. The Morgan fingerprint density at radius 2 is 2.22 bits per heavy atom. The quantitative estimate of drug-likeness (QED) is 0.285. The predicted octanol–water partition coefficient (Wildman–Crippen LogP) is 0.530. The van der Waals surface area contributed by atoms with Gasteiger partial charge in [0.25, 0.3) is 11.2 Å². The normalized spacial score (nSPS) is 12.7. The molecule has 2 aromatic heterocycles. The van der Waals surface area contributed by atoms with E-state index in [2.05, 4.69) is 15.1 Å². The number of hydrogen-bond acceptors (Lipinski definition) is 8. The van der Waals surface area contributed by atoms with E-state index in [-0.39, 0.29) is 33.9 Å². The van der Waals surface area contributed by atoms with Crippen LogP contribution in [0.15, 0.2) is 50.9 Å². The van der Waals surface area contributed by atoms with Gasteiger partial charge in [-0.15, -0.1) is 0 Å². The van der Waals surface area contributed by atoms with Crippen molar-refractivity contribution in [1.29, 1.82) is 0 Å². The minimum absolute atomic E-state index is 0.0463. The Kier molecular flexibility index (Phi) is 4.64. The van der Waals surface area contributed by atoms with Gasteiger partial charge < -0.3 is 20.2 Å². The molecule has 138 valence electrons. The summed E-state index contributed by atoms with van der Waals surface area (Å²) < 4.78 is 5.08. The fourth-order valence-electron chi connectivity index (χ4n) is 2.30. The van der Waals surface area contributed by atoms with Crippen LogP contribution in [0.2, 0.25) is 0 Å². The van der Waals surface area contributed by atoms with Crippen LogP contribution in [-0.2, 0) is 0 Å². The third kappa shape index (κ3) is 3.64. The zero-order valence-corrected chi connectivity index (χ0v) is 13.4. The van der Waals surface area contributed by atoms with Crippen molar-refractivity contribution in [3.63, 3.8) is 0 Å². The number of primary amides is 1. The highest BCUT2D eigenvalue weighted by Gasteiger charge is 2.25. The number of hydrogen-bond donors (Lipinski definition) is 4. The number of non-ortho nitro benzene ring substituents is 1. The average Bonchev–Trinajstić information content (AvgIpc) is 3.15. The maximum absolute atomic E-state index is 12.4. The zero-order chi connectivity index (χ0) is 19.6. The first-order valence-electron chi connectivity index (χ1n) is 7.40. The molecule has 0 aliphatic rings. The molecule has 1 aromatic carbocycles. The molecule has 0 fully saturated rings. The Balaban J connectivity index is 2.15. The number of amides is 2. The number of aliphatic hydroxyl groups is 1. The summed E-state index contributed by atoms with van der Waals surface area (Å²) in [4.78, 5) is 40.2. The zero-order valence-electron chi connectivity index (χ0n) is 13.4. The second-order valence-corrected chi connectivity index (χ2v) is 5.26. The van der Waals surface area contributed by atoms with Gasteiger partial charge in [0.1, 0.15) is 11.5 Å². The summed E-state index contributed by atoms with van der Waals surface area (Å²) in [6.45, 7) is 0. The lowest BCUT2D eigenvalue weighted by molar-refractivity contribution is -0.384. The van der Waals surface area contributed by atoms with Crippen molar-refractivity contribution in [2.75, 3.05) is 0 Å². The number of benzene rings is 1. The number of carbonyl (C=O) groups excluding carboxylic acids is 1. The largest absolute Gasteiger partial charge is 0.466 e. The molecular weight excluding hydrogens is 360 g/mol. The highest BCUT2D eigenvalue weighted by atomic mass is 16.6. The second-order valence-electron chi connectivity index (χ2n) is 5.26. The number of nitro groups is 1. The van der Waals surface area contributed by atoms with E-state index in [4.69, 9.17) is 10.2 Å². The standard InChI is InChI=1S/C15H12N6O6/c16-15(24)20-19-11(13(22)10-2-1-5-27-10)12-14(23)18-9-6-7(21(25)26)3-4-8(9)17-12/h1-6,13,22H,(H,18,23)(H3,16,20,24)/b19-11+. The summed E-state index contributed by atoms with van der Waals surface area (Å²) in [5.74, 6) is 0.0463. The molecule has 1 unspecified atom stereocenters. The number of H-pyrrole nitrogens is 1. The van der Waals surface area contributed by atoms with Crippen molar-refractivity contribution in [2.24, 2.45) is 10.8 Å². The van der Waals surface area contributed by atoms with Gasteiger partial charge in [-0.25, -0.2) is 15.2 Å². The number of rotatable bonds is 5. The SMILES string of the molecule is NC(=O)N/N=C(\c1nc2ccc([N+](=O)[O-])cc2[nH]c1=O)C(O)c1ccco1. The van der Waals surface area contributed by atoms with Gasteiger partial charge >= 0.3 is 6.03 Å². The molecule has 0 aliphatic carbocycles. The number of aliphatic hydroxyl groups excluding tert-OH is 1. The predicted molar refractivity (Wildman–Crippen MR) is 91.9 cm³/mol. The molecule has 27 heavy (non-hydrogen) atoms. The first-order valence-corrected chi connectivity index (χ1v) is 7.40. The van der Waals surface area contributed by atoms with Crippen molar-refractivity contribution in [1.82, 2.24) is 15.4 Å². The number of furan rings is 1. The second kappa shape index (κ2) is 7.05. The molecule has 12 nitrogen and oxygen atoms in total. The maximum atomic E-state index is 12.4. The number of nitrogens with two attached hydrogens (primary N) is 1. The fourth-order valence-corrected chi connectivity index (χ4v) is 2.30. The summed E-state index contributed by atoms with van der Waals surface area (Å²) in [6, 6.07) is 5.60. The molecule has 2 amide bonds. The number of urea groups is 1. The smallest absolute Gasteiger partial charge is 0.332 e. The number of nitrogens with zero attached hydrogens (tertiary/aromatic N) is 3. The first kappa shape index (κ1) is 17.8. The van der Waals surface area contributed by atoms with Crippen LogP contribution in [0.4, 0.5) is 10.5 Å². The minimum atomic E-state index is -1.53. The van der Waals surface area contributed by atoms with Gasteiger partial charge in [0, 0.05) is 12.1 Å². The molecule has 3 rings (SSSR count). The molecule has 0 radical (unpaired) electrons. The molecule has 1 atom stereocenters. The average molecular weight is 372 g/mol. The van der Waals surface area contributed by atoms with E-state index >= 15 is 0 Å². The van der Waals surface area contributed by atoms with E-state index in [9.17, 15) is 24.8 Å². The molecule has 2 heterocycles. The van der Waals surface area contributed by atoms with Crippen molar-refractivity contribution in [2.45, 2.75) is 6.10 Å². The van der Waals surface area contributed by atoms with Crippen molar-refractivity contribution < 1.29 is 19.2 Å². The number of nitrogens with one attached hydrogen (secondary N) is 2. The third-order valence-electron chi connectivity index (χ3n) is 3.49. The monoisotopic (exact) mass is 372 g/mol. The minimum Gasteiger partial charge on any atom is -0.466 e. The molecule has 0 saturated heterocycles. The van der Waals surface area contributed by atoms with Crippen molar-refractivity contribution in [3.8, 4) is 0 Å². The van der Waals surface area contributed by atoms with Gasteiger partial charge in [-0.1, -0.05) is 0 Å². The lowest BCUT2D eigenvalue weighted by atomic mass is 10.1. The molecular formula is C15H12N6O6. The maximum Gasteiger partial charge on any atom is 0.332 e. The van der Waals surface area contributed by atoms with E-state index in [1.807, 2.05) is 5.43 Å². The Bertz CT molecular complexity index is 1100. The highest BCUT2D eigenvalue weighted by Crippen LogP contribution is 2.20. The summed E-state index contributed by atoms with van der Waals surface area (Å²) in [5.41, 5.74) is 5.55. The Labute approximate surface area is 149 Å². The van der Waals surface area contributed by atoms with Crippen LogP contribution in [0.25, 0.3) is 11.0 Å². The van der Waals surface area contributed by atoms with Gasteiger partial charge in [-0.2, -0.15) is 5.10 Å². The molecule has 12 heteroatoms. The number of nitro benzene ring substituents is 1. The van der Waals surface area contributed by atoms with E-state index in [0.717, 1.165) is 6.07 Å². The Hall–Kier alpha value is -4.06. The molecule has 5 N–H and O–H groups in total. The number of fused-ring (bicyclic) bond motifs is 1. The summed E-state index contributed by atoms with van der Waals surface area (Å²) >= 11 is 0. The third-order valence-corrected chi connectivity index (χ3v) is 3.49. The van der Waals surface area contributed by atoms with Gasteiger partial charge in [0.2, 0.25) is 0 Å². The van der Waals surface area contributed by atoms with Gasteiger partial charge in [-0.3, -0.25) is 14.9 Å².